The third kappa shape index (κ3) is 4.91. The number of rotatable bonds is 0. The van der Waals surface area contributed by atoms with Gasteiger partial charge in [-0.25, -0.2) is 0 Å². The predicted octanol–water partition coefficient (Wildman–Crippen LogP) is 6.11. The number of nitrogens with zero attached hydrogens (tertiary/aromatic N) is 2. The summed E-state index contributed by atoms with van der Waals surface area (Å²) in [5, 5.41) is 0.653. The number of fused-ring (bicyclic) bond motifs is 3. The Kier molecular flexibility index (Phi) is 6.83. The van der Waals surface area contributed by atoms with Gasteiger partial charge < -0.3 is 0 Å². The fraction of sp³-hybridized carbons (Fsp3) is 0.391. The van der Waals surface area contributed by atoms with Crippen LogP contribution < -0.4 is 7.06 Å². The number of benzene rings is 2. The van der Waals surface area contributed by atoms with E-state index in [1.165, 1.54) is 18.4 Å². The van der Waals surface area contributed by atoms with E-state index in [4.69, 9.17) is 38.3 Å². The molecule has 7 heteroatoms. The van der Waals surface area contributed by atoms with Crippen molar-refractivity contribution < 1.29 is 7.06 Å². The van der Waals surface area contributed by atoms with Gasteiger partial charge in [-0.05, 0) is 0 Å². The van der Waals surface area contributed by atoms with Crippen LogP contribution in [-0.4, -0.2) is 40.5 Å². The van der Waals surface area contributed by atoms with Gasteiger partial charge in [-0.2, -0.15) is 0 Å². The van der Waals surface area contributed by atoms with Gasteiger partial charge in [0.15, 0.2) is 0 Å². The van der Waals surface area contributed by atoms with E-state index in [-0.39, 0.29) is 12.1 Å². The molecule has 1 saturated carbocycles. The van der Waals surface area contributed by atoms with Gasteiger partial charge in [0.2, 0.25) is 0 Å². The summed E-state index contributed by atoms with van der Waals surface area (Å²) in [6, 6.07) is 8.25. The van der Waals surface area contributed by atoms with Crippen molar-refractivity contribution in [1.82, 2.24) is 0 Å². The topological polar surface area (TPSA) is 43.2 Å². The average Bonchev–Trinajstić information content (AvgIpc) is 2.70. The molecular formula is C23H25Cl2GaN2O2. The molecule has 156 valence electrons. The molecule has 0 spiro atoms. The van der Waals surface area contributed by atoms with E-state index in [0.29, 0.717) is 10.8 Å². The van der Waals surface area contributed by atoms with Crippen molar-refractivity contribution in [1.29, 1.82) is 0 Å². The molecule has 2 aliphatic rings. The first-order valence-electron chi connectivity index (χ1n) is 10.4. The second-order valence-electron chi connectivity index (χ2n) is 8.13. The van der Waals surface area contributed by atoms with Crippen molar-refractivity contribution in [3.05, 3.63) is 57.1 Å². The van der Waals surface area contributed by atoms with Gasteiger partial charge in [-0.1, -0.05) is 0 Å². The van der Waals surface area contributed by atoms with Crippen LogP contribution in [0.25, 0.3) is 0 Å². The molecule has 0 bridgehead atoms. The molecule has 0 saturated heterocycles. The van der Waals surface area contributed by atoms with E-state index in [0.717, 1.165) is 40.8 Å². The first kappa shape index (κ1) is 21.8. The maximum atomic E-state index is 6.68. The molecule has 1 aliphatic carbocycles. The van der Waals surface area contributed by atoms with Gasteiger partial charge in [0, 0.05) is 0 Å². The van der Waals surface area contributed by atoms with Crippen molar-refractivity contribution in [2.24, 2.45) is 9.98 Å². The minimum absolute atomic E-state index is 0.145. The average molecular weight is 502 g/mol. The Hall–Kier alpha value is -1.40. The summed E-state index contributed by atoms with van der Waals surface area (Å²) in [6.45, 7) is 6.09. The maximum absolute atomic E-state index is 6.68. The van der Waals surface area contributed by atoms with E-state index >= 15 is 0 Å². The van der Waals surface area contributed by atoms with Crippen LogP contribution in [0.2, 0.25) is 5.02 Å². The van der Waals surface area contributed by atoms with E-state index < -0.39 is 15.9 Å². The van der Waals surface area contributed by atoms with E-state index in [1.54, 1.807) is 0 Å². The molecular weight excluding hydrogens is 477 g/mol. The molecule has 0 radical (unpaired) electrons. The second-order valence-corrected chi connectivity index (χ2v) is 12.6. The van der Waals surface area contributed by atoms with Crippen LogP contribution in [0.5, 0.6) is 11.5 Å². The van der Waals surface area contributed by atoms with Crippen LogP contribution in [0, 0.1) is 20.8 Å². The van der Waals surface area contributed by atoms with Gasteiger partial charge >= 0.3 is 194 Å². The van der Waals surface area contributed by atoms with Crippen molar-refractivity contribution in [3.63, 3.8) is 0 Å². The zero-order valence-corrected chi connectivity index (χ0v) is 21.4. The Bertz CT molecular complexity index is 930. The molecule has 0 aromatic heterocycles. The summed E-state index contributed by atoms with van der Waals surface area (Å²) in [4.78, 5) is 9.85. The van der Waals surface area contributed by atoms with Gasteiger partial charge in [0.05, 0.1) is 0 Å². The van der Waals surface area contributed by atoms with Crippen molar-refractivity contribution >= 4 is 49.6 Å². The molecule has 2 atom stereocenters. The molecule has 2 aromatic rings. The zero-order chi connectivity index (χ0) is 21.3. The number of hydrogen-bond donors (Lipinski definition) is 0. The first-order valence-corrected chi connectivity index (χ1v) is 15.9. The molecule has 1 heterocycles. The fourth-order valence-electron chi connectivity index (χ4n) is 4.26. The van der Waals surface area contributed by atoms with Crippen LogP contribution in [-0.2, 0) is 0 Å². The first-order chi connectivity index (χ1) is 14.4. The standard InChI is InChI=1S/C23H27ClN2O2.ClH.Ga/c1-14-8-15(2)22(27)17(9-14)12-25-20-6-4-5-7-21(20)26-13-18-11-19(24)10-16(3)23(18)28;;/h8-13,20-21,27-28H,4-7H2,1-3H3;1H;/q;;+3/p-3/t20-,21-;;/m1../s1. The van der Waals surface area contributed by atoms with E-state index in [1.807, 2.05) is 38.4 Å². The van der Waals surface area contributed by atoms with Crippen molar-refractivity contribution in [2.45, 2.75) is 58.5 Å². The van der Waals surface area contributed by atoms with Crippen molar-refractivity contribution in [2.75, 3.05) is 0 Å². The van der Waals surface area contributed by atoms with Gasteiger partial charge in [0.1, 0.15) is 0 Å². The second kappa shape index (κ2) is 9.39. The van der Waals surface area contributed by atoms with Gasteiger partial charge in [0.25, 0.3) is 0 Å². The monoisotopic (exact) mass is 500 g/mol. The molecule has 1 aliphatic heterocycles. The number of halogens is 2. The quantitative estimate of drug-likeness (QED) is 0.409. The van der Waals surface area contributed by atoms with Gasteiger partial charge in [-0.3, -0.25) is 0 Å². The molecule has 30 heavy (non-hydrogen) atoms. The summed E-state index contributed by atoms with van der Waals surface area (Å²) in [5.74, 6) is 1.48. The predicted molar refractivity (Wildman–Crippen MR) is 126 cm³/mol. The Labute approximate surface area is 193 Å². The zero-order valence-electron chi connectivity index (χ0n) is 17.5. The fourth-order valence-corrected chi connectivity index (χ4v) is 7.69. The third-order valence-electron chi connectivity index (χ3n) is 5.64. The Morgan fingerprint density at radius 3 is 1.97 bits per heavy atom. The molecule has 0 N–H and O–H groups in total. The Morgan fingerprint density at radius 2 is 1.37 bits per heavy atom. The molecule has 1 fully saturated rings. The summed E-state index contributed by atoms with van der Waals surface area (Å²) in [7, 11) is 6.68. The Balaban J connectivity index is 1.83. The molecule has 0 amide bonds. The number of aryl methyl sites for hydroxylation is 3. The molecule has 2 aromatic carbocycles. The number of aliphatic imine (C=N–C) groups is 2. The normalized spacial score (nSPS) is 21.2. The van der Waals surface area contributed by atoms with Crippen LogP contribution >= 0.6 is 21.2 Å². The summed E-state index contributed by atoms with van der Waals surface area (Å²) >= 11 is 3.22. The van der Waals surface area contributed by atoms with Crippen molar-refractivity contribution in [3.8, 4) is 11.5 Å². The molecule has 0 unspecified atom stereocenters. The van der Waals surface area contributed by atoms with E-state index in [2.05, 4.69) is 19.1 Å². The summed E-state index contributed by atoms with van der Waals surface area (Å²) in [5.41, 5.74) is 4.92. The molecule has 4 nitrogen and oxygen atoms in total. The van der Waals surface area contributed by atoms with Crippen LogP contribution in [0.15, 0.2) is 34.3 Å². The van der Waals surface area contributed by atoms with Crippen LogP contribution in [0.4, 0.5) is 0 Å². The minimum atomic E-state index is -3.10. The van der Waals surface area contributed by atoms with Crippen LogP contribution in [0.1, 0.15) is 53.5 Å². The summed E-state index contributed by atoms with van der Waals surface area (Å²) in [6.07, 6.45) is 8.22. The summed E-state index contributed by atoms with van der Waals surface area (Å²) < 4.78 is 12.4. The van der Waals surface area contributed by atoms with E-state index in [9.17, 15) is 0 Å². The number of hydrogen-bond acceptors (Lipinski definition) is 4. The van der Waals surface area contributed by atoms with Crippen LogP contribution in [0.3, 0.4) is 0 Å². The van der Waals surface area contributed by atoms with Gasteiger partial charge in [-0.15, -0.1) is 0 Å². The molecule has 4 rings (SSSR count). The Morgan fingerprint density at radius 1 is 0.833 bits per heavy atom. The third-order valence-corrected chi connectivity index (χ3v) is 8.55. The SMILES string of the molecule is Cc1cc(C)c2c(c1)C=N[C@@H]1CCCC[C@H]1N=Cc1cc(Cl)cc(C)c1[O][Ga]([Cl])[O]2.